The van der Waals surface area contributed by atoms with Crippen molar-refractivity contribution in [2.45, 2.75) is 10.4 Å². The predicted octanol–water partition coefficient (Wildman–Crippen LogP) is 2.42. The zero-order valence-corrected chi connectivity index (χ0v) is 10.4. The molecule has 7 heteroatoms. The van der Waals surface area contributed by atoms with E-state index in [-0.39, 0.29) is 0 Å². The molecule has 0 saturated carbocycles. The highest BCUT2D eigenvalue weighted by Gasteiger charge is 2.11. The summed E-state index contributed by atoms with van der Waals surface area (Å²) >= 11 is 1.28. The van der Waals surface area contributed by atoms with E-state index in [1.54, 1.807) is 23.0 Å². The highest BCUT2D eigenvalue weighted by atomic mass is 32.2. The highest BCUT2D eigenvalue weighted by Crippen LogP contribution is 2.27. The molecule has 3 aromatic heterocycles. The van der Waals surface area contributed by atoms with Gasteiger partial charge in [-0.3, -0.25) is 0 Å². The van der Waals surface area contributed by atoms with Crippen LogP contribution in [-0.2, 0) is 0 Å². The van der Waals surface area contributed by atoms with Crippen molar-refractivity contribution < 1.29 is 4.42 Å². The van der Waals surface area contributed by atoms with Crippen molar-refractivity contribution in [1.29, 1.82) is 0 Å². The van der Waals surface area contributed by atoms with Crippen molar-refractivity contribution in [3.63, 3.8) is 0 Å². The van der Waals surface area contributed by atoms with Crippen LogP contribution < -0.4 is 0 Å². The summed E-state index contributed by atoms with van der Waals surface area (Å²) < 4.78 is 7.23. The molecule has 92 valence electrons. The molecule has 0 aliphatic carbocycles. The van der Waals surface area contributed by atoms with Crippen LogP contribution in [-0.4, -0.2) is 24.6 Å². The molecule has 0 radical (unpaired) electrons. The van der Waals surface area contributed by atoms with Crippen LogP contribution in [0.4, 0.5) is 0 Å². The molecule has 0 saturated heterocycles. The van der Waals surface area contributed by atoms with Gasteiger partial charge in [0.15, 0.2) is 5.58 Å². The molecule has 4 aromatic rings. The molecule has 0 unspecified atom stereocenters. The fourth-order valence-corrected chi connectivity index (χ4v) is 2.42. The molecule has 0 bridgehead atoms. The van der Waals surface area contributed by atoms with Crippen molar-refractivity contribution in [3.05, 3.63) is 42.7 Å². The summed E-state index contributed by atoms with van der Waals surface area (Å²) in [6.07, 6.45) is 3.48. The van der Waals surface area contributed by atoms with E-state index in [9.17, 15) is 0 Å². The zero-order chi connectivity index (χ0) is 12.7. The highest BCUT2D eigenvalue weighted by molar-refractivity contribution is 7.98. The number of oxazole rings is 1. The minimum atomic E-state index is 0.525. The molecule has 4 rings (SSSR count). The smallest absolute Gasteiger partial charge is 0.264 e. The minimum Gasteiger partial charge on any atom is -0.431 e. The molecule has 0 amide bonds. The van der Waals surface area contributed by atoms with Gasteiger partial charge >= 0.3 is 0 Å². The Morgan fingerprint density at radius 1 is 1.11 bits per heavy atom. The molecule has 0 spiro atoms. The lowest BCUT2D eigenvalue weighted by Gasteiger charge is -1.86. The maximum atomic E-state index is 5.61. The van der Waals surface area contributed by atoms with Crippen molar-refractivity contribution in [1.82, 2.24) is 24.6 Å². The summed E-state index contributed by atoms with van der Waals surface area (Å²) in [6.45, 7) is 0. The maximum absolute atomic E-state index is 5.61. The first-order valence-corrected chi connectivity index (χ1v) is 6.41. The lowest BCUT2D eigenvalue weighted by Crippen LogP contribution is -1.86. The monoisotopic (exact) mass is 269 g/mol. The summed E-state index contributed by atoms with van der Waals surface area (Å²) in [5, 5.41) is 5.37. The number of benzene rings is 1. The van der Waals surface area contributed by atoms with E-state index >= 15 is 0 Å². The lowest BCUT2D eigenvalue weighted by molar-refractivity contribution is 0.488. The van der Waals surface area contributed by atoms with E-state index in [0.717, 1.165) is 11.1 Å². The standard InChI is InChI=1S/C12H7N5OS/c1-2-5-9-8(4-1)14-12(18-9)19-11-15-10-13-6-3-7-17(10)16-11/h1-7H. The molecule has 0 fully saturated rings. The Hall–Kier alpha value is -2.41. The largest absolute Gasteiger partial charge is 0.431 e. The fourth-order valence-electron chi connectivity index (χ4n) is 1.73. The van der Waals surface area contributed by atoms with Gasteiger partial charge < -0.3 is 4.42 Å². The number of nitrogens with zero attached hydrogens (tertiary/aromatic N) is 5. The number of hydrogen-bond donors (Lipinski definition) is 0. The second-order valence-corrected chi connectivity index (χ2v) is 4.73. The minimum absolute atomic E-state index is 0.525. The topological polar surface area (TPSA) is 69.1 Å². The van der Waals surface area contributed by atoms with Crippen molar-refractivity contribution in [2.75, 3.05) is 0 Å². The molecule has 0 N–H and O–H groups in total. The van der Waals surface area contributed by atoms with Gasteiger partial charge in [0, 0.05) is 24.2 Å². The Morgan fingerprint density at radius 3 is 2.95 bits per heavy atom. The number of aromatic nitrogens is 5. The normalized spacial score (nSPS) is 11.4. The molecule has 19 heavy (non-hydrogen) atoms. The molecular formula is C12H7N5OS. The number of fused-ring (bicyclic) bond motifs is 2. The maximum Gasteiger partial charge on any atom is 0.264 e. The van der Waals surface area contributed by atoms with Gasteiger partial charge in [-0.05, 0) is 18.2 Å². The summed E-state index contributed by atoms with van der Waals surface area (Å²) in [4.78, 5) is 12.8. The van der Waals surface area contributed by atoms with Crippen LogP contribution in [0.5, 0.6) is 0 Å². The van der Waals surface area contributed by atoms with Crippen LogP contribution in [0, 0.1) is 0 Å². The van der Waals surface area contributed by atoms with Crippen molar-refractivity contribution in [2.24, 2.45) is 0 Å². The van der Waals surface area contributed by atoms with E-state index < -0.39 is 0 Å². The first kappa shape index (κ1) is 10.5. The van der Waals surface area contributed by atoms with Gasteiger partial charge in [0.25, 0.3) is 11.0 Å². The van der Waals surface area contributed by atoms with E-state index in [0.29, 0.717) is 16.2 Å². The number of rotatable bonds is 2. The first-order chi connectivity index (χ1) is 9.38. The SMILES string of the molecule is c1ccc2oc(Sc3nc4ncccn4n3)nc2c1. The average molecular weight is 269 g/mol. The number of para-hydroxylation sites is 2. The van der Waals surface area contributed by atoms with E-state index in [1.807, 2.05) is 24.3 Å². The summed E-state index contributed by atoms with van der Waals surface area (Å²) in [5.74, 6) is 0.557. The Morgan fingerprint density at radius 2 is 2.05 bits per heavy atom. The van der Waals surface area contributed by atoms with Gasteiger partial charge in [-0.25, -0.2) is 14.5 Å². The van der Waals surface area contributed by atoms with Crippen LogP contribution >= 0.6 is 11.8 Å². The molecule has 3 heterocycles. The Kier molecular flexibility index (Phi) is 2.25. The first-order valence-electron chi connectivity index (χ1n) is 5.59. The van der Waals surface area contributed by atoms with E-state index in [4.69, 9.17) is 4.42 Å². The zero-order valence-electron chi connectivity index (χ0n) is 9.59. The average Bonchev–Trinajstić information content (AvgIpc) is 3.00. The van der Waals surface area contributed by atoms with Gasteiger partial charge in [0.1, 0.15) is 5.52 Å². The second-order valence-electron chi connectivity index (χ2n) is 3.81. The molecule has 0 aliphatic rings. The van der Waals surface area contributed by atoms with Crippen LogP contribution in [0.15, 0.2) is 57.5 Å². The quantitative estimate of drug-likeness (QED) is 0.556. The molecule has 0 atom stereocenters. The van der Waals surface area contributed by atoms with Crippen LogP contribution in [0.1, 0.15) is 0 Å². The predicted molar refractivity (Wildman–Crippen MR) is 68.9 cm³/mol. The number of hydrogen-bond acceptors (Lipinski definition) is 6. The third-order valence-electron chi connectivity index (χ3n) is 2.55. The van der Waals surface area contributed by atoms with Crippen LogP contribution in [0.3, 0.4) is 0 Å². The lowest BCUT2D eigenvalue weighted by atomic mass is 10.3. The Labute approximate surface area is 111 Å². The van der Waals surface area contributed by atoms with E-state index in [1.165, 1.54) is 11.8 Å². The van der Waals surface area contributed by atoms with Crippen LogP contribution in [0.2, 0.25) is 0 Å². The second kappa shape index (κ2) is 4.06. The van der Waals surface area contributed by atoms with Gasteiger partial charge in [0.2, 0.25) is 5.16 Å². The van der Waals surface area contributed by atoms with Crippen LogP contribution in [0.25, 0.3) is 16.9 Å². The molecule has 6 nitrogen and oxygen atoms in total. The summed E-state index contributed by atoms with van der Waals surface area (Å²) in [6, 6.07) is 9.42. The van der Waals surface area contributed by atoms with Gasteiger partial charge in [-0.1, -0.05) is 12.1 Å². The molecule has 1 aromatic carbocycles. The molecule has 0 aliphatic heterocycles. The fraction of sp³-hybridized carbons (Fsp3) is 0. The van der Waals surface area contributed by atoms with E-state index in [2.05, 4.69) is 20.1 Å². The van der Waals surface area contributed by atoms with Gasteiger partial charge in [0.05, 0.1) is 0 Å². The summed E-state index contributed by atoms with van der Waals surface area (Å²) in [7, 11) is 0. The summed E-state index contributed by atoms with van der Waals surface area (Å²) in [5.41, 5.74) is 1.58. The Bertz CT molecular complexity index is 730. The van der Waals surface area contributed by atoms with Crippen molar-refractivity contribution in [3.8, 4) is 0 Å². The third-order valence-corrected chi connectivity index (χ3v) is 3.25. The molecular weight excluding hydrogens is 262 g/mol. The third kappa shape index (κ3) is 1.84. The van der Waals surface area contributed by atoms with Crippen molar-refractivity contribution >= 4 is 28.6 Å². The van der Waals surface area contributed by atoms with Gasteiger partial charge in [-0.2, -0.15) is 4.98 Å². The Balaban J connectivity index is 1.73. The van der Waals surface area contributed by atoms with Gasteiger partial charge in [-0.15, -0.1) is 5.10 Å².